The van der Waals surface area contributed by atoms with Crippen LogP contribution >= 0.6 is 11.8 Å². The van der Waals surface area contributed by atoms with Crippen LogP contribution in [-0.2, 0) is 4.79 Å². The molecule has 0 aromatic carbocycles. The van der Waals surface area contributed by atoms with Gasteiger partial charge in [0.2, 0.25) is 5.91 Å². The van der Waals surface area contributed by atoms with E-state index >= 15 is 0 Å². The molecule has 1 aliphatic rings. The van der Waals surface area contributed by atoms with Crippen molar-refractivity contribution in [3.05, 3.63) is 0 Å². The van der Waals surface area contributed by atoms with E-state index in [0.717, 1.165) is 24.6 Å². The number of hydrogen-bond donors (Lipinski definition) is 2. The number of primary amides is 1. The van der Waals surface area contributed by atoms with E-state index in [0.29, 0.717) is 0 Å². The second-order valence-electron chi connectivity index (χ2n) is 3.59. The number of nitrogens with one attached hydrogen (secondary N) is 1. The van der Waals surface area contributed by atoms with Gasteiger partial charge >= 0.3 is 0 Å². The number of amides is 1. The average Bonchev–Trinajstić information content (AvgIpc) is 2.87. The van der Waals surface area contributed by atoms with Crippen molar-refractivity contribution in [3.63, 3.8) is 0 Å². The van der Waals surface area contributed by atoms with Crippen LogP contribution in [0, 0.1) is 5.92 Å². The molecule has 3 nitrogen and oxygen atoms in total. The van der Waals surface area contributed by atoms with Crippen LogP contribution in [0.5, 0.6) is 0 Å². The van der Waals surface area contributed by atoms with Crippen molar-refractivity contribution in [1.82, 2.24) is 5.32 Å². The minimum atomic E-state index is -0.213. The van der Waals surface area contributed by atoms with Crippen molar-refractivity contribution in [2.24, 2.45) is 11.7 Å². The predicted octanol–water partition coefficient (Wildman–Crippen LogP) is 0.593. The Labute approximate surface area is 83.8 Å². The van der Waals surface area contributed by atoms with Gasteiger partial charge in [0.1, 0.15) is 0 Å². The summed E-state index contributed by atoms with van der Waals surface area (Å²) in [6.45, 7) is 0.960. The average molecular weight is 202 g/mol. The lowest BCUT2D eigenvalue weighted by molar-refractivity contribution is -0.120. The molecule has 1 saturated carbocycles. The number of rotatable bonds is 7. The molecule has 13 heavy (non-hydrogen) atoms. The molecular formula is C9H18N2OS. The normalized spacial score (nSPS) is 18.5. The topological polar surface area (TPSA) is 55.1 Å². The first-order valence-electron chi connectivity index (χ1n) is 4.75. The maximum Gasteiger partial charge on any atom is 0.234 e. The Morgan fingerprint density at radius 3 is 2.85 bits per heavy atom. The van der Waals surface area contributed by atoms with Crippen LogP contribution in [0.2, 0.25) is 0 Å². The Morgan fingerprint density at radius 1 is 1.69 bits per heavy atom. The smallest absolute Gasteiger partial charge is 0.234 e. The van der Waals surface area contributed by atoms with Crippen molar-refractivity contribution in [2.75, 3.05) is 18.6 Å². The second kappa shape index (κ2) is 5.50. The second-order valence-corrected chi connectivity index (χ2v) is 4.57. The summed E-state index contributed by atoms with van der Waals surface area (Å²) in [4.78, 5) is 11.0. The molecule has 0 aliphatic heterocycles. The molecular weight excluding hydrogens is 184 g/mol. The summed E-state index contributed by atoms with van der Waals surface area (Å²) in [7, 11) is 0. The molecule has 0 aromatic rings. The van der Waals surface area contributed by atoms with Crippen LogP contribution < -0.4 is 11.1 Å². The number of nitrogens with two attached hydrogens (primary N) is 1. The molecule has 3 N–H and O–H groups in total. The first-order chi connectivity index (χ1) is 6.24. The van der Waals surface area contributed by atoms with Crippen LogP contribution in [0.1, 0.15) is 19.3 Å². The van der Waals surface area contributed by atoms with Gasteiger partial charge in [-0.2, -0.15) is 11.8 Å². The van der Waals surface area contributed by atoms with Crippen LogP contribution in [0.3, 0.4) is 0 Å². The molecule has 0 bridgehead atoms. The van der Waals surface area contributed by atoms with Crippen LogP contribution in [0.15, 0.2) is 0 Å². The van der Waals surface area contributed by atoms with E-state index in [2.05, 4.69) is 5.32 Å². The summed E-state index contributed by atoms with van der Waals surface area (Å²) in [5.74, 6) is 1.58. The fraction of sp³-hybridized carbons (Fsp3) is 0.889. The Morgan fingerprint density at radius 2 is 2.38 bits per heavy atom. The van der Waals surface area contributed by atoms with Crippen molar-refractivity contribution >= 4 is 17.7 Å². The molecule has 4 heteroatoms. The van der Waals surface area contributed by atoms with Crippen molar-refractivity contribution in [2.45, 2.75) is 25.3 Å². The van der Waals surface area contributed by atoms with Gasteiger partial charge in [-0.05, 0) is 43.7 Å². The lowest BCUT2D eigenvalue weighted by Gasteiger charge is -2.14. The molecule has 1 atom stereocenters. The number of carbonyl (C=O) groups excluding carboxylic acids is 1. The fourth-order valence-electron chi connectivity index (χ4n) is 1.21. The highest BCUT2D eigenvalue weighted by atomic mass is 32.2. The Kier molecular flexibility index (Phi) is 4.59. The van der Waals surface area contributed by atoms with Crippen molar-refractivity contribution in [1.29, 1.82) is 0 Å². The minimum absolute atomic E-state index is 0.118. The van der Waals surface area contributed by atoms with Crippen molar-refractivity contribution < 1.29 is 4.79 Å². The van der Waals surface area contributed by atoms with Gasteiger partial charge in [-0.1, -0.05) is 0 Å². The monoisotopic (exact) mass is 202 g/mol. The van der Waals surface area contributed by atoms with Gasteiger partial charge in [-0.15, -0.1) is 0 Å². The van der Waals surface area contributed by atoms with E-state index in [-0.39, 0.29) is 11.9 Å². The zero-order valence-electron chi connectivity index (χ0n) is 8.08. The molecule has 1 amide bonds. The van der Waals surface area contributed by atoms with Gasteiger partial charge in [-0.25, -0.2) is 0 Å². The Hall–Kier alpha value is -0.220. The van der Waals surface area contributed by atoms with E-state index in [1.165, 1.54) is 12.8 Å². The zero-order valence-corrected chi connectivity index (χ0v) is 8.90. The number of thioether (sulfide) groups is 1. The number of carbonyl (C=O) groups is 1. The van der Waals surface area contributed by atoms with Crippen molar-refractivity contribution in [3.8, 4) is 0 Å². The van der Waals surface area contributed by atoms with Gasteiger partial charge in [0.15, 0.2) is 0 Å². The summed E-state index contributed by atoms with van der Waals surface area (Å²) in [6.07, 6.45) is 5.50. The highest BCUT2D eigenvalue weighted by Gasteiger charge is 2.23. The lowest BCUT2D eigenvalue weighted by Crippen LogP contribution is -2.42. The molecule has 0 saturated heterocycles. The summed E-state index contributed by atoms with van der Waals surface area (Å²) in [6, 6.07) is -0.118. The summed E-state index contributed by atoms with van der Waals surface area (Å²) < 4.78 is 0. The van der Waals surface area contributed by atoms with E-state index in [4.69, 9.17) is 5.73 Å². The van der Waals surface area contributed by atoms with E-state index in [1.807, 2.05) is 6.26 Å². The lowest BCUT2D eigenvalue weighted by atomic mass is 10.2. The molecule has 0 aromatic heterocycles. The van der Waals surface area contributed by atoms with Crippen LogP contribution in [0.25, 0.3) is 0 Å². The fourth-order valence-corrected chi connectivity index (χ4v) is 1.68. The van der Waals surface area contributed by atoms with Crippen LogP contribution in [-0.4, -0.2) is 30.5 Å². The molecule has 1 aliphatic carbocycles. The largest absolute Gasteiger partial charge is 0.368 e. The first-order valence-corrected chi connectivity index (χ1v) is 6.15. The molecule has 76 valence electrons. The highest BCUT2D eigenvalue weighted by Crippen LogP contribution is 2.27. The maximum absolute atomic E-state index is 11.0. The SMILES string of the molecule is CSCCC(NCC1CC1)C(N)=O. The molecule has 1 unspecified atom stereocenters. The summed E-state index contributed by atoms with van der Waals surface area (Å²) >= 11 is 1.75. The zero-order chi connectivity index (χ0) is 9.68. The van der Waals surface area contributed by atoms with Gasteiger partial charge in [0, 0.05) is 0 Å². The Balaban J connectivity index is 2.15. The molecule has 0 heterocycles. The van der Waals surface area contributed by atoms with E-state index in [9.17, 15) is 4.79 Å². The van der Waals surface area contributed by atoms with Gasteiger partial charge in [0.25, 0.3) is 0 Å². The summed E-state index contributed by atoms with van der Waals surface area (Å²) in [5.41, 5.74) is 5.27. The molecule has 1 fully saturated rings. The van der Waals surface area contributed by atoms with Crippen LogP contribution in [0.4, 0.5) is 0 Å². The van der Waals surface area contributed by atoms with E-state index in [1.54, 1.807) is 11.8 Å². The predicted molar refractivity (Wildman–Crippen MR) is 56.7 cm³/mol. The van der Waals surface area contributed by atoms with E-state index < -0.39 is 0 Å². The third-order valence-electron chi connectivity index (χ3n) is 2.30. The standard InChI is InChI=1S/C9H18N2OS/c1-13-5-4-8(9(10)12)11-6-7-2-3-7/h7-8,11H,2-6H2,1H3,(H2,10,12). The van der Waals surface area contributed by atoms with Gasteiger partial charge in [0.05, 0.1) is 6.04 Å². The summed E-state index contributed by atoms with van der Waals surface area (Å²) in [5, 5.41) is 3.23. The third-order valence-corrected chi connectivity index (χ3v) is 2.95. The first kappa shape index (κ1) is 10.9. The third kappa shape index (κ3) is 4.52. The Bertz CT molecular complexity index is 171. The quantitative estimate of drug-likeness (QED) is 0.635. The minimum Gasteiger partial charge on any atom is -0.368 e. The number of hydrogen-bond acceptors (Lipinski definition) is 3. The highest BCUT2D eigenvalue weighted by molar-refractivity contribution is 7.98. The molecule has 0 radical (unpaired) electrons. The maximum atomic E-state index is 11.0. The molecule has 0 spiro atoms. The van der Waals surface area contributed by atoms with Gasteiger partial charge in [-0.3, -0.25) is 4.79 Å². The molecule has 1 rings (SSSR count). The van der Waals surface area contributed by atoms with Gasteiger partial charge < -0.3 is 11.1 Å².